The van der Waals surface area contributed by atoms with Crippen molar-refractivity contribution in [2.75, 3.05) is 0 Å². The topological polar surface area (TPSA) is 77.6 Å². The van der Waals surface area contributed by atoms with Crippen LogP contribution < -0.4 is 0 Å². The monoisotopic (exact) mass is 256 g/mol. The molecule has 0 aliphatic rings. The molecule has 2 aromatic heterocycles. The lowest BCUT2D eigenvalue weighted by atomic mass is 10.2. The highest BCUT2D eigenvalue weighted by Crippen LogP contribution is 2.17. The summed E-state index contributed by atoms with van der Waals surface area (Å²) >= 11 is 0. The summed E-state index contributed by atoms with van der Waals surface area (Å²) in [6, 6.07) is 9.86. The fourth-order valence-electron chi connectivity index (χ4n) is 1.60. The summed E-state index contributed by atoms with van der Waals surface area (Å²) in [5.74, 6) is 0.812. The van der Waals surface area contributed by atoms with Crippen molar-refractivity contribution in [2.24, 2.45) is 0 Å². The minimum absolute atomic E-state index is 0.0187. The van der Waals surface area contributed by atoms with Crippen LogP contribution in [-0.4, -0.2) is 25.0 Å². The van der Waals surface area contributed by atoms with Gasteiger partial charge in [-0.05, 0) is 6.92 Å². The van der Waals surface area contributed by atoms with E-state index < -0.39 is 0 Å². The lowest BCUT2D eigenvalue weighted by Crippen LogP contribution is -1.85. The zero-order chi connectivity index (χ0) is 13.5. The van der Waals surface area contributed by atoms with Gasteiger partial charge in [-0.25, -0.2) is 9.97 Å². The molecule has 98 valence electrons. The minimum atomic E-state index is -0.0187. The lowest BCUT2D eigenvalue weighted by molar-refractivity contribution is 0.276. The number of aryl methyl sites for hydroxylation is 1. The van der Waals surface area contributed by atoms with Gasteiger partial charge in [-0.15, -0.1) is 0 Å². The molecule has 0 saturated carbocycles. The summed E-state index contributed by atoms with van der Waals surface area (Å²) in [5.41, 5.74) is 2.67. The Bertz CT molecular complexity index is 570. The molecule has 3 N–H and O–H groups in total. The number of aliphatic hydroxyl groups is 1. The molecule has 5 nitrogen and oxygen atoms in total. The molecule has 0 saturated heterocycles. The van der Waals surface area contributed by atoms with Crippen LogP contribution >= 0.6 is 0 Å². The Labute approximate surface area is 111 Å². The minimum Gasteiger partial charge on any atom is -0.390 e. The number of hydrogen-bond donors (Lipinski definition) is 3. The number of nitrogens with one attached hydrogen (secondary N) is 2. The largest absolute Gasteiger partial charge is 0.390 e. The maximum atomic E-state index is 9.00. The van der Waals surface area contributed by atoms with Crippen LogP contribution in [0.3, 0.4) is 0 Å². The van der Waals surface area contributed by atoms with E-state index in [0.29, 0.717) is 5.69 Å². The number of imidazole rings is 2. The Kier molecular flexibility index (Phi) is 4.47. The smallest absolute Gasteiger partial charge is 0.137 e. The van der Waals surface area contributed by atoms with Gasteiger partial charge in [0.05, 0.1) is 18.6 Å². The first-order chi connectivity index (χ1) is 9.31. The second-order valence-corrected chi connectivity index (χ2v) is 3.94. The third kappa shape index (κ3) is 3.53. The van der Waals surface area contributed by atoms with Gasteiger partial charge < -0.3 is 15.1 Å². The second kappa shape index (κ2) is 6.51. The standard InChI is InChI=1S/C11H12N2O.C3H4N2/c1-8-10(7-14)13-11(12-8)9-5-3-2-4-6-9;1-2-5-3-4-1/h2-6,14H,7H2,1H3,(H,12,13);1-3H,(H,4,5). The number of H-pyrrole nitrogens is 2. The predicted octanol–water partition coefficient (Wildman–Crippen LogP) is 2.29. The third-order valence-electron chi connectivity index (χ3n) is 2.59. The molecule has 3 rings (SSSR count). The van der Waals surface area contributed by atoms with E-state index in [9.17, 15) is 0 Å². The van der Waals surface area contributed by atoms with E-state index in [4.69, 9.17) is 5.11 Å². The summed E-state index contributed by atoms with van der Waals surface area (Å²) in [6.07, 6.45) is 5.08. The molecule has 0 atom stereocenters. The van der Waals surface area contributed by atoms with Crippen LogP contribution in [0.15, 0.2) is 49.1 Å². The molecule has 19 heavy (non-hydrogen) atoms. The maximum absolute atomic E-state index is 9.00. The summed E-state index contributed by atoms with van der Waals surface area (Å²) in [4.78, 5) is 13.9. The molecule has 0 bridgehead atoms. The SMILES string of the molecule is Cc1[nH]c(-c2ccccc2)nc1CO.c1c[nH]cn1. The molecule has 0 spiro atoms. The van der Waals surface area contributed by atoms with E-state index in [0.717, 1.165) is 17.1 Å². The molecule has 1 aromatic carbocycles. The molecule has 0 unspecified atom stereocenters. The van der Waals surface area contributed by atoms with Crippen molar-refractivity contribution in [3.05, 3.63) is 60.4 Å². The van der Waals surface area contributed by atoms with E-state index in [2.05, 4.69) is 19.9 Å². The summed E-state index contributed by atoms with van der Waals surface area (Å²) in [6.45, 7) is 1.89. The Morgan fingerprint density at radius 2 is 2.00 bits per heavy atom. The molecule has 0 aliphatic heterocycles. The van der Waals surface area contributed by atoms with E-state index in [-0.39, 0.29) is 6.61 Å². The first-order valence-corrected chi connectivity index (χ1v) is 5.95. The summed E-state index contributed by atoms with van der Waals surface area (Å²) in [5, 5.41) is 9.00. The van der Waals surface area contributed by atoms with Gasteiger partial charge >= 0.3 is 0 Å². The number of nitrogens with zero attached hydrogens (tertiary/aromatic N) is 2. The van der Waals surface area contributed by atoms with Crippen molar-refractivity contribution < 1.29 is 5.11 Å². The van der Waals surface area contributed by atoms with Gasteiger partial charge in [-0.3, -0.25) is 0 Å². The number of benzene rings is 1. The van der Waals surface area contributed by atoms with Crippen LogP contribution in [0.1, 0.15) is 11.4 Å². The Morgan fingerprint density at radius 1 is 1.21 bits per heavy atom. The number of aromatic nitrogens is 4. The van der Waals surface area contributed by atoms with Gasteiger partial charge in [0.2, 0.25) is 0 Å². The first-order valence-electron chi connectivity index (χ1n) is 5.95. The van der Waals surface area contributed by atoms with Crippen LogP contribution in [0.4, 0.5) is 0 Å². The summed E-state index contributed by atoms with van der Waals surface area (Å²) < 4.78 is 0. The van der Waals surface area contributed by atoms with Crippen LogP contribution in [-0.2, 0) is 6.61 Å². The lowest BCUT2D eigenvalue weighted by Gasteiger charge is -1.93. The highest BCUT2D eigenvalue weighted by atomic mass is 16.3. The van der Waals surface area contributed by atoms with Crippen molar-refractivity contribution in [1.29, 1.82) is 0 Å². The zero-order valence-electron chi connectivity index (χ0n) is 10.7. The van der Waals surface area contributed by atoms with Gasteiger partial charge in [0.25, 0.3) is 0 Å². The van der Waals surface area contributed by atoms with E-state index in [1.807, 2.05) is 37.3 Å². The van der Waals surface area contributed by atoms with Gasteiger partial charge in [-0.1, -0.05) is 30.3 Å². The number of aliphatic hydroxyl groups excluding tert-OH is 1. The molecule has 0 aliphatic carbocycles. The molecule has 0 amide bonds. The van der Waals surface area contributed by atoms with Crippen molar-refractivity contribution in [2.45, 2.75) is 13.5 Å². The normalized spacial score (nSPS) is 9.79. The van der Waals surface area contributed by atoms with E-state index >= 15 is 0 Å². The zero-order valence-corrected chi connectivity index (χ0v) is 10.7. The Morgan fingerprint density at radius 3 is 2.47 bits per heavy atom. The number of rotatable bonds is 2. The maximum Gasteiger partial charge on any atom is 0.137 e. The average Bonchev–Trinajstić information content (AvgIpc) is 3.12. The number of aromatic amines is 2. The third-order valence-corrected chi connectivity index (χ3v) is 2.59. The van der Waals surface area contributed by atoms with Gasteiger partial charge in [-0.2, -0.15) is 0 Å². The van der Waals surface area contributed by atoms with Gasteiger partial charge in [0.15, 0.2) is 0 Å². The van der Waals surface area contributed by atoms with Gasteiger partial charge in [0, 0.05) is 23.7 Å². The molecule has 2 heterocycles. The second-order valence-electron chi connectivity index (χ2n) is 3.94. The fraction of sp³-hybridized carbons (Fsp3) is 0.143. The summed E-state index contributed by atoms with van der Waals surface area (Å²) in [7, 11) is 0. The Balaban J connectivity index is 0.000000224. The van der Waals surface area contributed by atoms with Crippen LogP contribution in [0, 0.1) is 6.92 Å². The van der Waals surface area contributed by atoms with Crippen LogP contribution in [0.5, 0.6) is 0 Å². The fourth-order valence-corrected chi connectivity index (χ4v) is 1.60. The van der Waals surface area contributed by atoms with Crippen LogP contribution in [0.25, 0.3) is 11.4 Å². The predicted molar refractivity (Wildman–Crippen MR) is 73.3 cm³/mol. The molecular weight excluding hydrogens is 240 g/mol. The van der Waals surface area contributed by atoms with Crippen molar-refractivity contribution in [3.63, 3.8) is 0 Å². The average molecular weight is 256 g/mol. The van der Waals surface area contributed by atoms with Crippen molar-refractivity contribution in [1.82, 2.24) is 19.9 Å². The van der Waals surface area contributed by atoms with Crippen LogP contribution in [0.2, 0.25) is 0 Å². The van der Waals surface area contributed by atoms with E-state index in [1.54, 1.807) is 18.7 Å². The Hall–Kier alpha value is -2.40. The highest BCUT2D eigenvalue weighted by Gasteiger charge is 2.06. The van der Waals surface area contributed by atoms with Crippen molar-refractivity contribution >= 4 is 0 Å². The molecule has 0 fully saturated rings. The highest BCUT2D eigenvalue weighted by molar-refractivity contribution is 5.55. The molecular formula is C14H16N4O. The molecule has 0 radical (unpaired) electrons. The van der Waals surface area contributed by atoms with Gasteiger partial charge in [0.1, 0.15) is 5.82 Å². The quantitative estimate of drug-likeness (QED) is 0.658. The van der Waals surface area contributed by atoms with E-state index in [1.165, 1.54) is 0 Å². The molecule has 5 heteroatoms. The molecule has 3 aromatic rings. The van der Waals surface area contributed by atoms with Crippen molar-refractivity contribution in [3.8, 4) is 11.4 Å². The number of hydrogen-bond acceptors (Lipinski definition) is 3. The first kappa shape index (κ1) is 13.0.